The molecule has 0 aromatic heterocycles. The van der Waals surface area contributed by atoms with Gasteiger partial charge in [0.25, 0.3) is 0 Å². The Balaban J connectivity index is 1.43. The molecule has 1 N–H and O–H groups in total. The second kappa shape index (κ2) is 7.61. The number of piperidine rings is 1. The number of hydrogen-bond acceptors (Lipinski definition) is 5. The number of fused-ring (bicyclic) bond motifs is 1. The predicted molar refractivity (Wildman–Crippen MR) is 108 cm³/mol. The number of carbonyl (C=O) groups is 1. The van der Waals surface area contributed by atoms with Gasteiger partial charge in [0.2, 0.25) is 15.9 Å². The fraction of sp³-hybridized carbons (Fsp3) is 0.368. The van der Waals surface area contributed by atoms with Gasteiger partial charge in [-0.2, -0.15) is 4.31 Å². The Hall–Kier alpha value is -1.90. The summed E-state index contributed by atoms with van der Waals surface area (Å²) in [4.78, 5) is 16.9. The van der Waals surface area contributed by atoms with Crippen LogP contribution in [0.5, 0.6) is 0 Å². The zero-order chi connectivity index (χ0) is 18.9. The van der Waals surface area contributed by atoms with Gasteiger partial charge in [0, 0.05) is 24.8 Å². The lowest BCUT2D eigenvalue weighted by molar-refractivity contribution is -0.124. The van der Waals surface area contributed by atoms with Crippen LogP contribution in [0.15, 0.2) is 52.4 Å². The summed E-state index contributed by atoms with van der Waals surface area (Å²) in [5.41, 5.74) is 0. The summed E-state index contributed by atoms with van der Waals surface area (Å²) >= 11 is 1.55. The fourth-order valence-electron chi connectivity index (χ4n) is 3.45. The maximum atomic E-state index is 13.0. The van der Waals surface area contributed by atoms with Crippen molar-refractivity contribution < 1.29 is 13.2 Å². The third-order valence-corrected chi connectivity index (χ3v) is 7.78. The maximum Gasteiger partial charge on any atom is 0.243 e. The highest BCUT2D eigenvalue weighted by atomic mass is 32.2. The quantitative estimate of drug-likeness (QED) is 0.854. The number of aliphatic imine (C=N–C) groups is 1. The Morgan fingerprint density at radius 3 is 2.56 bits per heavy atom. The number of rotatable bonds is 3. The van der Waals surface area contributed by atoms with Crippen molar-refractivity contribution in [2.75, 3.05) is 25.4 Å². The Bertz CT molecular complexity index is 996. The van der Waals surface area contributed by atoms with Crippen molar-refractivity contribution in [1.29, 1.82) is 0 Å². The van der Waals surface area contributed by atoms with Gasteiger partial charge in [-0.25, -0.2) is 8.42 Å². The standard InChI is InChI=1S/C19H21N3O3S2/c23-18(21-19-20-9-12-26-19)15-7-10-22(11-8-15)27(24,25)17-6-5-14-3-1-2-4-16(14)13-17/h1-6,13,15H,7-12H2,(H,20,21,23). The van der Waals surface area contributed by atoms with Crippen LogP contribution in [0.1, 0.15) is 12.8 Å². The molecule has 1 amide bonds. The summed E-state index contributed by atoms with van der Waals surface area (Å²) in [6, 6.07) is 12.9. The smallest absolute Gasteiger partial charge is 0.243 e. The van der Waals surface area contributed by atoms with E-state index in [1.54, 1.807) is 23.9 Å². The van der Waals surface area contributed by atoms with Crippen LogP contribution in [0.4, 0.5) is 0 Å². The van der Waals surface area contributed by atoms with Crippen LogP contribution < -0.4 is 5.32 Å². The van der Waals surface area contributed by atoms with E-state index in [9.17, 15) is 13.2 Å². The number of amides is 1. The van der Waals surface area contributed by atoms with Crippen molar-refractivity contribution in [3.63, 3.8) is 0 Å². The predicted octanol–water partition coefficient (Wildman–Crippen LogP) is 2.46. The van der Waals surface area contributed by atoms with E-state index in [1.165, 1.54) is 4.31 Å². The zero-order valence-corrected chi connectivity index (χ0v) is 16.4. The second-order valence-corrected chi connectivity index (χ2v) is 9.73. The number of benzene rings is 2. The molecule has 8 heteroatoms. The van der Waals surface area contributed by atoms with E-state index in [0.717, 1.165) is 23.1 Å². The van der Waals surface area contributed by atoms with Crippen LogP contribution in [0.25, 0.3) is 10.8 Å². The summed E-state index contributed by atoms with van der Waals surface area (Å²) in [7, 11) is -3.55. The molecule has 2 aromatic carbocycles. The lowest BCUT2D eigenvalue weighted by Gasteiger charge is -2.30. The topological polar surface area (TPSA) is 78.8 Å². The average molecular weight is 404 g/mol. The SMILES string of the molecule is O=C(NC1=NCCS1)C1CCN(S(=O)(=O)c2ccc3ccccc3c2)CC1. The van der Waals surface area contributed by atoms with Gasteiger partial charge in [0.05, 0.1) is 11.4 Å². The molecule has 0 radical (unpaired) electrons. The van der Waals surface area contributed by atoms with E-state index >= 15 is 0 Å². The summed E-state index contributed by atoms with van der Waals surface area (Å²) in [5.74, 6) is 0.681. The van der Waals surface area contributed by atoms with E-state index in [-0.39, 0.29) is 11.8 Å². The van der Waals surface area contributed by atoms with Crippen LogP contribution in [-0.2, 0) is 14.8 Å². The van der Waals surface area contributed by atoms with E-state index in [1.807, 2.05) is 30.3 Å². The molecule has 0 bridgehead atoms. The normalized spacial score (nSPS) is 19.2. The molecule has 2 aromatic rings. The Kier molecular flexibility index (Phi) is 5.21. The molecule has 0 saturated carbocycles. The number of thioether (sulfide) groups is 1. The van der Waals surface area contributed by atoms with Crippen molar-refractivity contribution in [1.82, 2.24) is 9.62 Å². The van der Waals surface area contributed by atoms with Gasteiger partial charge < -0.3 is 5.32 Å². The van der Waals surface area contributed by atoms with Crippen molar-refractivity contribution in [3.8, 4) is 0 Å². The van der Waals surface area contributed by atoms with Gasteiger partial charge in [-0.3, -0.25) is 9.79 Å². The van der Waals surface area contributed by atoms with Gasteiger partial charge in [-0.1, -0.05) is 42.1 Å². The molecule has 1 fully saturated rings. The van der Waals surface area contributed by atoms with Gasteiger partial charge in [0.1, 0.15) is 0 Å². The lowest BCUT2D eigenvalue weighted by Crippen LogP contribution is -2.43. The number of hydrogen-bond donors (Lipinski definition) is 1. The fourth-order valence-corrected chi connectivity index (χ4v) is 5.69. The highest BCUT2D eigenvalue weighted by molar-refractivity contribution is 8.14. The van der Waals surface area contributed by atoms with Gasteiger partial charge in [-0.05, 0) is 35.7 Å². The first-order valence-corrected chi connectivity index (χ1v) is 11.4. The van der Waals surface area contributed by atoms with Crippen LogP contribution in [-0.4, -0.2) is 49.2 Å². The van der Waals surface area contributed by atoms with Crippen molar-refractivity contribution in [2.45, 2.75) is 17.7 Å². The molecular formula is C19H21N3O3S2. The van der Waals surface area contributed by atoms with E-state index < -0.39 is 10.0 Å². The Morgan fingerprint density at radius 2 is 1.85 bits per heavy atom. The summed E-state index contributed by atoms with van der Waals surface area (Å²) < 4.78 is 27.5. The highest BCUT2D eigenvalue weighted by Crippen LogP contribution is 2.26. The van der Waals surface area contributed by atoms with Gasteiger partial charge >= 0.3 is 0 Å². The largest absolute Gasteiger partial charge is 0.305 e. The molecule has 4 rings (SSSR count). The number of nitrogens with zero attached hydrogens (tertiary/aromatic N) is 2. The third kappa shape index (κ3) is 3.88. The molecule has 2 aliphatic rings. The van der Waals surface area contributed by atoms with E-state index in [2.05, 4.69) is 10.3 Å². The average Bonchev–Trinajstić information content (AvgIpc) is 3.20. The molecule has 2 aliphatic heterocycles. The minimum atomic E-state index is -3.55. The van der Waals surface area contributed by atoms with Crippen molar-refractivity contribution in [3.05, 3.63) is 42.5 Å². The van der Waals surface area contributed by atoms with Crippen LogP contribution >= 0.6 is 11.8 Å². The monoisotopic (exact) mass is 403 g/mol. The minimum absolute atomic E-state index is 0.0501. The summed E-state index contributed by atoms with van der Waals surface area (Å²) in [5, 5.41) is 5.47. The number of carbonyl (C=O) groups excluding carboxylic acids is 1. The summed E-state index contributed by atoms with van der Waals surface area (Å²) in [6.07, 6.45) is 1.05. The molecule has 0 spiro atoms. The van der Waals surface area contributed by atoms with Crippen LogP contribution in [0.2, 0.25) is 0 Å². The number of nitrogens with one attached hydrogen (secondary N) is 1. The molecule has 6 nitrogen and oxygen atoms in total. The first-order chi connectivity index (χ1) is 13.0. The van der Waals surface area contributed by atoms with Gasteiger partial charge in [0.15, 0.2) is 5.17 Å². The molecular weight excluding hydrogens is 382 g/mol. The second-order valence-electron chi connectivity index (χ2n) is 6.71. The third-order valence-electron chi connectivity index (χ3n) is 5.00. The lowest BCUT2D eigenvalue weighted by atomic mass is 9.97. The first-order valence-electron chi connectivity index (χ1n) is 9.01. The molecule has 2 heterocycles. The summed E-state index contributed by atoms with van der Waals surface area (Å²) in [6.45, 7) is 1.45. The molecule has 27 heavy (non-hydrogen) atoms. The number of amidine groups is 1. The zero-order valence-electron chi connectivity index (χ0n) is 14.8. The minimum Gasteiger partial charge on any atom is -0.305 e. The number of sulfonamides is 1. The van der Waals surface area contributed by atoms with Crippen molar-refractivity contribution in [2.24, 2.45) is 10.9 Å². The Labute approximate surface area is 163 Å². The van der Waals surface area contributed by atoms with E-state index in [0.29, 0.717) is 36.0 Å². The van der Waals surface area contributed by atoms with Crippen LogP contribution in [0, 0.1) is 5.92 Å². The Morgan fingerprint density at radius 1 is 1.11 bits per heavy atom. The molecule has 1 saturated heterocycles. The van der Waals surface area contributed by atoms with Crippen molar-refractivity contribution >= 4 is 43.6 Å². The highest BCUT2D eigenvalue weighted by Gasteiger charge is 2.32. The van der Waals surface area contributed by atoms with E-state index in [4.69, 9.17) is 0 Å². The first kappa shape index (κ1) is 18.5. The molecule has 0 aliphatic carbocycles. The van der Waals surface area contributed by atoms with Crippen LogP contribution in [0.3, 0.4) is 0 Å². The molecule has 0 atom stereocenters. The molecule has 142 valence electrons. The molecule has 0 unspecified atom stereocenters. The maximum absolute atomic E-state index is 13.0. The van der Waals surface area contributed by atoms with Gasteiger partial charge in [-0.15, -0.1) is 0 Å².